The van der Waals surface area contributed by atoms with Gasteiger partial charge in [-0.05, 0) is 6.42 Å². The topological polar surface area (TPSA) is 117 Å². The molecule has 1 amide bonds. The molecule has 0 unspecified atom stereocenters. The number of benzene rings is 1. The van der Waals surface area contributed by atoms with Gasteiger partial charge in [0.05, 0.1) is 17.0 Å². The molecule has 0 radical (unpaired) electrons. The standard InChI is InChI=1S/C13H17N3O5/c1-2-3-4-8(14)13(17)15-9-5-11-12(21-7-20-11)6-10(9)16(18)19/h5-6,8H,2-4,7,14H2,1H3,(H,15,17)/t8-/m0/s1. The zero-order chi connectivity index (χ0) is 15.4. The molecular weight excluding hydrogens is 278 g/mol. The van der Waals surface area contributed by atoms with Gasteiger partial charge in [-0.3, -0.25) is 14.9 Å². The van der Waals surface area contributed by atoms with E-state index in [1.807, 2.05) is 6.92 Å². The predicted octanol–water partition coefficient (Wildman–Crippen LogP) is 1.78. The van der Waals surface area contributed by atoms with Crippen LogP contribution < -0.4 is 20.5 Å². The Hall–Kier alpha value is -2.35. The summed E-state index contributed by atoms with van der Waals surface area (Å²) in [6.45, 7) is 1.99. The van der Waals surface area contributed by atoms with Crippen LogP contribution in [-0.4, -0.2) is 23.7 Å². The summed E-state index contributed by atoms with van der Waals surface area (Å²) in [5.41, 5.74) is 5.55. The van der Waals surface area contributed by atoms with Gasteiger partial charge in [-0.25, -0.2) is 0 Å². The lowest BCUT2D eigenvalue weighted by Crippen LogP contribution is -2.35. The molecule has 1 heterocycles. The summed E-state index contributed by atoms with van der Waals surface area (Å²) in [6, 6.07) is 1.91. The van der Waals surface area contributed by atoms with Crippen LogP contribution in [0.4, 0.5) is 11.4 Å². The van der Waals surface area contributed by atoms with Crippen LogP contribution in [0.5, 0.6) is 11.5 Å². The van der Waals surface area contributed by atoms with E-state index in [1.54, 1.807) is 0 Å². The third-order valence-corrected chi connectivity index (χ3v) is 3.15. The van der Waals surface area contributed by atoms with Crippen molar-refractivity contribution < 1.29 is 19.2 Å². The van der Waals surface area contributed by atoms with Crippen LogP contribution in [0, 0.1) is 10.1 Å². The van der Waals surface area contributed by atoms with Crippen molar-refractivity contribution in [1.82, 2.24) is 0 Å². The molecule has 1 aliphatic rings. The SMILES string of the molecule is CCCC[C@H](N)C(=O)Nc1cc2c(cc1[N+](=O)[O-])OCO2. The van der Waals surface area contributed by atoms with Crippen molar-refractivity contribution in [1.29, 1.82) is 0 Å². The van der Waals surface area contributed by atoms with Gasteiger partial charge in [0.25, 0.3) is 5.69 Å². The Balaban J connectivity index is 2.19. The van der Waals surface area contributed by atoms with Gasteiger partial charge in [-0.1, -0.05) is 19.8 Å². The average Bonchev–Trinajstić information content (AvgIpc) is 2.90. The summed E-state index contributed by atoms with van der Waals surface area (Å²) >= 11 is 0. The molecule has 0 saturated heterocycles. The zero-order valence-corrected chi connectivity index (χ0v) is 11.6. The molecule has 0 bridgehead atoms. The number of hydrogen-bond acceptors (Lipinski definition) is 6. The van der Waals surface area contributed by atoms with Crippen molar-refractivity contribution in [2.24, 2.45) is 5.73 Å². The van der Waals surface area contributed by atoms with E-state index in [-0.39, 0.29) is 23.9 Å². The number of rotatable bonds is 6. The number of nitrogens with two attached hydrogens (primary N) is 1. The van der Waals surface area contributed by atoms with Crippen LogP contribution in [0.2, 0.25) is 0 Å². The van der Waals surface area contributed by atoms with Gasteiger partial charge in [0, 0.05) is 6.07 Å². The Kier molecular flexibility index (Phi) is 4.59. The van der Waals surface area contributed by atoms with Gasteiger partial charge < -0.3 is 20.5 Å². The molecule has 0 aliphatic carbocycles. The first kappa shape index (κ1) is 15.0. The smallest absolute Gasteiger partial charge is 0.296 e. The number of nitrogens with one attached hydrogen (secondary N) is 1. The number of unbranched alkanes of at least 4 members (excludes halogenated alkanes) is 1. The maximum atomic E-state index is 12.0. The third-order valence-electron chi connectivity index (χ3n) is 3.15. The zero-order valence-electron chi connectivity index (χ0n) is 11.6. The van der Waals surface area contributed by atoms with Crippen molar-refractivity contribution in [2.45, 2.75) is 32.2 Å². The van der Waals surface area contributed by atoms with Crippen molar-refractivity contribution in [3.05, 3.63) is 22.2 Å². The number of carbonyl (C=O) groups excluding carboxylic acids is 1. The fourth-order valence-electron chi connectivity index (χ4n) is 1.96. The lowest BCUT2D eigenvalue weighted by molar-refractivity contribution is -0.384. The number of nitrogens with zero attached hydrogens (tertiary/aromatic N) is 1. The first-order valence-corrected chi connectivity index (χ1v) is 6.67. The molecule has 114 valence electrons. The van der Waals surface area contributed by atoms with Crippen LogP contribution in [0.25, 0.3) is 0 Å². The summed E-state index contributed by atoms with van der Waals surface area (Å²) < 4.78 is 10.2. The first-order chi connectivity index (χ1) is 10.0. The molecule has 21 heavy (non-hydrogen) atoms. The molecular formula is C13H17N3O5. The van der Waals surface area contributed by atoms with E-state index in [9.17, 15) is 14.9 Å². The fourth-order valence-corrected chi connectivity index (χ4v) is 1.96. The largest absolute Gasteiger partial charge is 0.454 e. The van der Waals surface area contributed by atoms with Crippen LogP contribution >= 0.6 is 0 Å². The van der Waals surface area contributed by atoms with Crippen molar-refractivity contribution in [3.63, 3.8) is 0 Å². The van der Waals surface area contributed by atoms with Crippen LogP contribution in [0.15, 0.2) is 12.1 Å². The summed E-state index contributed by atoms with van der Waals surface area (Å²) in [5, 5.41) is 13.6. The van der Waals surface area contributed by atoms with E-state index in [2.05, 4.69) is 5.32 Å². The minimum atomic E-state index is -0.699. The Morgan fingerprint density at radius 3 is 2.76 bits per heavy atom. The van der Waals surface area contributed by atoms with Gasteiger partial charge in [0.1, 0.15) is 5.69 Å². The summed E-state index contributed by atoms with van der Waals surface area (Å²) in [4.78, 5) is 22.4. The van der Waals surface area contributed by atoms with E-state index in [0.717, 1.165) is 12.8 Å². The molecule has 0 saturated carbocycles. The molecule has 1 atom stereocenters. The number of amides is 1. The highest BCUT2D eigenvalue weighted by Crippen LogP contribution is 2.40. The van der Waals surface area contributed by atoms with Gasteiger partial charge in [-0.15, -0.1) is 0 Å². The Bertz CT molecular complexity index is 561. The number of carbonyl (C=O) groups is 1. The van der Waals surface area contributed by atoms with Gasteiger partial charge in [0.2, 0.25) is 12.7 Å². The molecule has 1 aliphatic heterocycles. The number of hydrogen-bond donors (Lipinski definition) is 2. The quantitative estimate of drug-likeness (QED) is 0.610. The molecule has 2 rings (SSSR count). The third kappa shape index (κ3) is 3.40. The summed E-state index contributed by atoms with van der Waals surface area (Å²) in [5.74, 6) is 0.193. The predicted molar refractivity (Wildman–Crippen MR) is 75.3 cm³/mol. The van der Waals surface area contributed by atoms with Gasteiger partial charge >= 0.3 is 0 Å². The molecule has 1 aromatic carbocycles. The summed E-state index contributed by atoms with van der Waals surface area (Å²) in [6.07, 6.45) is 2.27. The minimum absolute atomic E-state index is 0.0000979. The lowest BCUT2D eigenvalue weighted by atomic mass is 10.1. The van der Waals surface area contributed by atoms with E-state index >= 15 is 0 Å². The van der Waals surface area contributed by atoms with Crippen LogP contribution in [0.1, 0.15) is 26.2 Å². The first-order valence-electron chi connectivity index (χ1n) is 6.67. The van der Waals surface area contributed by atoms with Crippen molar-refractivity contribution in [2.75, 3.05) is 12.1 Å². The number of anilines is 1. The number of fused-ring (bicyclic) bond motifs is 1. The van der Waals surface area contributed by atoms with Crippen molar-refractivity contribution >= 4 is 17.3 Å². The molecule has 0 fully saturated rings. The van der Waals surface area contributed by atoms with E-state index in [4.69, 9.17) is 15.2 Å². The van der Waals surface area contributed by atoms with Gasteiger partial charge in [-0.2, -0.15) is 0 Å². The summed E-state index contributed by atoms with van der Waals surface area (Å²) in [7, 11) is 0. The Morgan fingerprint density at radius 1 is 1.48 bits per heavy atom. The maximum Gasteiger partial charge on any atom is 0.296 e. The Morgan fingerprint density at radius 2 is 2.14 bits per heavy atom. The van der Waals surface area contributed by atoms with Crippen LogP contribution in [0.3, 0.4) is 0 Å². The highest BCUT2D eigenvalue weighted by Gasteiger charge is 2.25. The molecule has 3 N–H and O–H groups in total. The average molecular weight is 295 g/mol. The number of nitro benzene ring substituents is 1. The van der Waals surface area contributed by atoms with E-state index < -0.39 is 16.9 Å². The molecule has 1 aromatic rings. The highest BCUT2D eigenvalue weighted by atomic mass is 16.7. The van der Waals surface area contributed by atoms with Crippen LogP contribution in [-0.2, 0) is 4.79 Å². The molecule has 0 aromatic heterocycles. The van der Waals surface area contributed by atoms with Gasteiger partial charge in [0.15, 0.2) is 11.5 Å². The lowest BCUT2D eigenvalue weighted by Gasteiger charge is -2.12. The normalized spacial score (nSPS) is 13.8. The Labute approximate surface area is 121 Å². The number of nitro groups is 1. The monoisotopic (exact) mass is 295 g/mol. The van der Waals surface area contributed by atoms with E-state index in [1.165, 1.54) is 12.1 Å². The second-order valence-electron chi connectivity index (χ2n) is 4.72. The second-order valence-corrected chi connectivity index (χ2v) is 4.72. The maximum absolute atomic E-state index is 12.0. The second kappa shape index (κ2) is 6.40. The van der Waals surface area contributed by atoms with Crippen molar-refractivity contribution in [3.8, 4) is 11.5 Å². The molecule has 0 spiro atoms. The minimum Gasteiger partial charge on any atom is -0.454 e. The fraction of sp³-hybridized carbons (Fsp3) is 0.462. The molecule has 8 heteroatoms. The highest BCUT2D eigenvalue weighted by molar-refractivity contribution is 5.97. The molecule has 8 nitrogen and oxygen atoms in total. The van der Waals surface area contributed by atoms with E-state index in [0.29, 0.717) is 12.2 Å². The number of ether oxygens (including phenoxy) is 2.